The molecule has 0 aliphatic rings. The Bertz CT molecular complexity index is 1080. The van der Waals surface area contributed by atoms with Gasteiger partial charge in [0.2, 0.25) is 0 Å². The number of fused-ring (bicyclic) bond motifs is 1. The Hall–Kier alpha value is -2.53. The maximum Gasteiger partial charge on any atom is 0.124 e. The SMILES string of the molecule is Clc1ccc(COc2ccccc2CNCCc2nc3ccccc3[nH]2)c(Cl)c1. The van der Waals surface area contributed by atoms with Gasteiger partial charge in [0.15, 0.2) is 0 Å². The van der Waals surface area contributed by atoms with E-state index in [9.17, 15) is 0 Å². The molecule has 0 aliphatic heterocycles. The van der Waals surface area contributed by atoms with Crippen LogP contribution in [-0.4, -0.2) is 16.5 Å². The fourth-order valence-electron chi connectivity index (χ4n) is 3.14. The van der Waals surface area contributed by atoms with E-state index in [1.165, 1.54) is 0 Å². The van der Waals surface area contributed by atoms with Crippen LogP contribution in [0.25, 0.3) is 11.0 Å². The number of benzene rings is 3. The van der Waals surface area contributed by atoms with Crippen LogP contribution in [0.5, 0.6) is 5.75 Å². The van der Waals surface area contributed by atoms with E-state index in [0.717, 1.165) is 46.7 Å². The lowest BCUT2D eigenvalue weighted by atomic mass is 10.2. The van der Waals surface area contributed by atoms with Crippen LogP contribution >= 0.6 is 23.2 Å². The summed E-state index contributed by atoms with van der Waals surface area (Å²) in [5.41, 5.74) is 4.08. The number of imidazole rings is 1. The number of para-hydroxylation sites is 3. The molecule has 0 aliphatic carbocycles. The number of rotatable bonds is 8. The Morgan fingerprint density at radius 2 is 1.76 bits per heavy atom. The van der Waals surface area contributed by atoms with Gasteiger partial charge in [0.25, 0.3) is 0 Å². The minimum absolute atomic E-state index is 0.395. The summed E-state index contributed by atoms with van der Waals surface area (Å²) in [4.78, 5) is 7.97. The summed E-state index contributed by atoms with van der Waals surface area (Å²) in [6, 6.07) is 21.5. The summed E-state index contributed by atoms with van der Waals surface area (Å²) in [6.45, 7) is 1.92. The summed E-state index contributed by atoms with van der Waals surface area (Å²) < 4.78 is 6.01. The van der Waals surface area contributed by atoms with E-state index in [1.807, 2.05) is 54.6 Å². The average molecular weight is 426 g/mol. The number of ether oxygens (including phenoxy) is 1. The van der Waals surface area contributed by atoms with Crippen LogP contribution in [0.3, 0.4) is 0 Å². The second-order valence-electron chi connectivity index (χ2n) is 6.76. The Balaban J connectivity index is 1.32. The third kappa shape index (κ3) is 5.10. The van der Waals surface area contributed by atoms with Gasteiger partial charge in [0.05, 0.1) is 11.0 Å². The molecule has 0 unspecified atom stereocenters. The Kier molecular flexibility index (Phi) is 6.35. The largest absolute Gasteiger partial charge is 0.489 e. The number of nitrogens with zero attached hydrogens (tertiary/aromatic N) is 1. The molecule has 0 amide bonds. The normalized spacial score (nSPS) is 11.1. The van der Waals surface area contributed by atoms with Crippen LogP contribution in [0.2, 0.25) is 10.0 Å². The second-order valence-corrected chi connectivity index (χ2v) is 7.60. The van der Waals surface area contributed by atoms with Crippen molar-refractivity contribution >= 4 is 34.2 Å². The number of H-pyrrole nitrogens is 1. The number of hydrogen-bond acceptors (Lipinski definition) is 3. The second kappa shape index (κ2) is 9.31. The number of nitrogens with one attached hydrogen (secondary N) is 2. The minimum atomic E-state index is 0.395. The van der Waals surface area contributed by atoms with Crippen molar-refractivity contribution in [1.82, 2.24) is 15.3 Å². The molecule has 148 valence electrons. The van der Waals surface area contributed by atoms with Crippen LogP contribution in [0.1, 0.15) is 17.0 Å². The fourth-order valence-corrected chi connectivity index (χ4v) is 3.60. The number of hydrogen-bond donors (Lipinski definition) is 2. The van der Waals surface area contributed by atoms with Crippen molar-refractivity contribution in [3.05, 3.63) is 93.7 Å². The zero-order valence-corrected chi connectivity index (χ0v) is 17.3. The summed E-state index contributed by atoms with van der Waals surface area (Å²) in [6.07, 6.45) is 0.831. The van der Waals surface area contributed by atoms with Crippen LogP contribution < -0.4 is 10.1 Å². The van der Waals surface area contributed by atoms with Crippen molar-refractivity contribution in [2.45, 2.75) is 19.6 Å². The quantitative estimate of drug-likeness (QED) is 0.351. The molecule has 1 aromatic heterocycles. The zero-order valence-electron chi connectivity index (χ0n) is 15.8. The molecule has 1 heterocycles. The van der Waals surface area contributed by atoms with Gasteiger partial charge in [-0.05, 0) is 30.3 Å². The van der Waals surface area contributed by atoms with Crippen molar-refractivity contribution in [3.63, 3.8) is 0 Å². The summed E-state index contributed by atoms with van der Waals surface area (Å²) in [5.74, 6) is 1.83. The van der Waals surface area contributed by atoms with Crippen molar-refractivity contribution in [2.75, 3.05) is 6.54 Å². The molecule has 2 N–H and O–H groups in total. The molecule has 3 aromatic carbocycles. The Morgan fingerprint density at radius 1 is 0.931 bits per heavy atom. The van der Waals surface area contributed by atoms with Gasteiger partial charge < -0.3 is 15.0 Å². The molecule has 6 heteroatoms. The summed E-state index contributed by atoms with van der Waals surface area (Å²) >= 11 is 12.2. The molecular formula is C23H21Cl2N3O. The molecule has 0 spiro atoms. The highest BCUT2D eigenvalue weighted by Gasteiger charge is 2.07. The Morgan fingerprint density at radius 3 is 2.62 bits per heavy atom. The van der Waals surface area contributed by atoms with Crippen molar-refractivity contribution < 1.29 is 4.74 Å². The van der Waals surface area contributed by atoms with E-state index in [0.29, 0.717) is 23.2 Å². The van der Waals surface area contributed by atoms with Gasteiger partial charge in [0.1, 0.15) is 18.2 Å². The van der Waals surface area contributed by atoms with E-state index in [1.54, 1.807) is 6.07 Å². The van der Waals surface area contributed by atoms with E-state index in [2.05, 4.69) is 21.4 Å². The third-order valence-electron chi connectivity index (χ3n) is 4.66. The van der Waals surface area contributed by atoms with Crippen LogP contribution in [0.15, 0.2) is 66.7 Å². The monoisotopic (exact) mass is 425 g/mol. The summed E-state index contributed by atoms with van der Waals surface area (Å²) in [5, 5.41) is 4.70. The first-order chi connectivity index (χ1) is 14.2. The first-order valence-electron chi connectivity index (χ1n) is 9.48. The molecule has 29 heavy (non-hydrogen) atoms. The van der Waals surface area contributed by atoms with Gasteiger partial charge in [-0.25, -0.2) is 4.98 Å². The predicted octanol–water partition coefficient (Wildman–Crippen LogP) is 5.78. The zero-order chi connectivity index (χ0) is 20.1. The van der Waals surface area contributed by atoms with Crippen molar-refractivity contribution in [3.8, 4) is 5.75 Å². The molecule has 4 nitrogen and oxygen atoms in total. The van der Waals surface area contributed by atoms with Gasteiger partial charge in [0, 0.05) is 40.7 Å². The molecule has 0 atom stereocenters. The van der Waals surface area contributed by atoms with Crippen LogP contribution in [-0.2, 0) is 19.6 Å². The number of aromatic nitrogens is 2. The lowest BCUT2D eigenvalue weighted by Crippen LogP contribution is -2.17. The average Bonchev–Trinajstić information content (AvgIpc) is 3.14. The lowest BCUT2D eigenvalue weighted by Gasteiger charge is -2.13. The first kappa shape index (κ1) is 19.8. The fraction of sp³-hybridized carbons (Fsp3) is 0.174. The topological polar surface area (TPSA) is 49.9 Å². The number of aromatic amines is 1. The highest BCUT2D eigenvalue weighted by atomic mass is 35.5. The predicted molar refractivity (Wildman–Crippen MR) is 119 cm³/mol. The Labute approximate surface area is 179 Å². The maximum absolute atomic E-state index is 6.24. The lowest BCUT2D eigenvalue weighted by molar-refractivity contribution is 0.302. The van der Waals surface area contributed by atoms with Crippen molar-refractivity contribution in [2.24, 2.45) is 0 Å². The molecule has 0 radical (unpaired) electrons. The van der Waals surface area contributed by atoms with E-state index >= 15 is 0 Å². The van der Waals surface area contributed by atoms with E-state index in [4.69, 9.17) is 27.9 Å². The first-order valence-corrected chi connectivity index (χ1v) is 10.2. The van der Waals surface area contributed by atoms with Crippen LogP contribution in [0.4, 0.5) is 0 Å². The third-order valence-corrected chi connectivity index (χ3v) is 5.25. The van der Waals surface area contributed by atoms with E-state index < -0.39 is 0 Å². The standard InChI is InChI=1S/C23H21Cl2N3O/c24-18-10-9-17(19(25)13-18)15-29-22-8-4-1-5-16(22)14-26-12-11-23-27-20-6-2-3-7-21(20)28-23/h1-10,13,26H,11-12,14-15H2,(H,27,28). The molecule has 0 bridgehead atoms. The minimum Gasteiger partial charge on any atom is -0.489 e. The van der Waals surface area contributed by atoms with Gasteiger partial charge in [-0.15, -0.1) is 0 Å². The highest BCUT2D eigenvalue weighted by Crippen LogP contribution is 2.24. The smallest absolute Gasteiger partial charge is 0.124 e. The van der Waals surface area contributed by atoms with E-state index in [-0.39, 0.29) is 0 Å². The molecule has 4 aromatic rings. The van der Waals surface area contributed by atoms with Gasteiger partial charge in [-0.1, -0.05) is 59.6 Å². The highest BCUT2D eigenvalue weighted by molar-refractivity contribution is 6.35. The van der Waals surface area contributed by atoms with Gasteiger partial charge in [-0.3, -0.25) is 0 Å². The van der Waals surface area contributed by atoms with Gasteiger partial charge >= 0.3 is 0 Å². The van der Waals surface area contributed by atoms with Crippen LogP contribution in [0, 0.1) is 0 Å². The molecular weight excluding hydrogens is 405 g/mol. The van der Waals surface area contributed by atoms with Gasteiger partial charge in [-0.2, -0.15) is 0 Å². The van der Waals surface area contributed by atoms with Crippen molar-refractivity contribution in [1.29, 1.82) is 0 Å². The summed E-state index contributed by atoms with van der Waals surface area (Å²) in [7, 11) is 0. The molecule has 0 saturated heterocycles. The molecule has 0 saturated carbocycles. The molecule has 4 rings (SSSR count). The maximum atomic E-state index is 6.24. The molecule has 0 fully saturated rings. The number of halogens is 2.